The average molecular weight is 279 g/mol. The Morgan fingerprint density at radius 1 is 1.05 bits per heavy atom. The molecule has 0 aliphatic rings. The van der Waals surface area contributed by atoms with Crippen molar-refractivity contribution in [2.24, 2.45) is 5.73 Å². The van der Waals surface area contributed by atoms with Crippen LogP contribution in [-0.2, 0) is 6.42 Å². The maximum Gasteiger partial charge on any atom is 0.137 e. The standard InChI is InChI=1S/C18H21N3/c1-12-6-4-8-15(14(12)3)18-16(10-11-19)20-17-9-5-7-13(2)21(17)18/h4-9H,10-11,19H2,1-3H3. The first-order valence-corrected chi connectivity index (χ1v) is 7.37. The van der Waals surface area contributed by atoms with Crippen LogP contribution in [0.3, 0.4) is 0 Å². The molecule has 0 amide bonds. The van der Waals surface area contributed by atoms with Crippen LogP contribution < -0.4 is 5.73 Å². The molecule has 0 aliphatic heterocycles. The van der Waals surface area contributed by atoms with E-state index in [0.29, 0.717) is 6.54 Å². The fourth-order valence-electron chi connectivity index (χ4n) is 2.90. The zero-order valence-corrected chi connectivity index (χ0v) is 12.9. The quantitative estimate of drug-likeness (QED) is 0.798. The predicted molar refractivity (Wildman–Crippen MR) is 87.6 cm³/mol. The van der Waals surface area contributed by atoms with E-state index in [4.69, 9.17) is 10.7 Å². The van der Waals surface area contributed by atoms with Gasteiger partial charge in [0.15, 0.2) is 0 Å². The molecule has 0 fully saturated rings. The van der Waals surface area contributed by atoms with Gasteiger partial charge in [-0.25, -0.2) is 4.98 Å². The lowest BCUT2D eigenvalue weighted by Crippen LogP contribution is -2.05. The van der Waals surface area contributed by atoms with Crippen LogP contribution in [0.1, 0.15) is 22.5 Å². The molecule has 2 heterocycles. The first kappa shape index (κ1) is 13.8. The molecule has 3 rings (SSSR count). The maximum atomic E-state index is 5.79. The zero-order chi connectivity index (χ0) is 15.0. The summed E-state index contributed by atoms with van der Waals surface area (Å²) in [6, 6.07) is 12.7. The molecule has 0 atom stereocenters. The lowest BCUT2D eigenvalue weighted by atomic mass is 9.99. The Morgan fingerprint density at radius 2 is 1.81 bits per heavy atom. The largest absolute Gasteiger partial charge is 0.330 e. The van der Waals surface area contributed by atoms with E-state index < -0.39 is 0 Å². The number of benzene rings is 1. The predicted octanol–water partition coefficient (Wildman–Crippen LogP) is 3.43. The topological polar surface area (TPSA) is 43.3 Å². The molecule has 21 heavy (non-hydrogen) atoms. The highest BCUT2D eigenvalue weighted by Crippen LogP contribution is 2.30. The molecular formula is C18H21N3. The van der Waals surface area contributed by atoms with Gasteiger partial charge < -0.3 is 5.73 Å². The summed E-state index contributed by atoms with van der Waals surface area (Å²) in [4.78, 5) is 4.79. The van der Waals surface area contributed by atoms with E-state index in [-0.39, 0.29) is 0 Å². The van der Waals surface area contributed by atoms with Gasteiger partial charge in [0.1, 0.15) is 5.65 Å². The first-order chi connectivity index (χ1) is 10.1. The van der Waals surface area contributed by atoms with Crippen molar-refractivity contribution in [1.29, 1.82) is 0 Å². The summed E-state index contributed by atoms with van der Waals surface area (Å²) in [5.74, 6) is 0. The Morgan fingerprint density at radius 3 is 2.57 bits per heavy atom. The monoisotopic (exact) mass is 279 g/mol. The number of imidazole rings is 1. The Hall–Kier alpha value is -2.13. The summed E-state index contributed by atoms with van der Waals surface area (Å²) in [5, 5.41) is 0. The van der Waals surface area contributed by atoms with Crippen molar-refractivity contribution < 1.29 is 0 Å². The number of hydrogen-bond donors (Lipinski definition) is 1. The van der Waals surface area contributed by atoms with Crippen LogP contribution in [0.25, 0.3) is 16.9 Å². The number of fused-ring (bicyclic) bond motifs is 1. The number of aromatic nitrogens is 2. The molecule has 0 bridgehead atoms. The maximum absolute atomic E-state index is 5.79. The van der Waals surface area contributed by atoms with Gasteiger partial charge in [0.05, 0.1) is 11.4 Å². The van der Waals surface area contributed by atoms with Crippen LogP contribution in [-0.4, -0.2) is 15.9 Å². The summed E-state index contributed by atoms with van der Waals surface area (Å²) in [6.07, 6.45) is 0.795. The third-order valence-corrected chi connectivity index (χ3v) is 4.15. The smallest absolute Gasteiger partial charge is 0.137 e. The van der Waals surface area contributed by atoms with Gasteiger partial charge in [-0.05, 0) is 50.6 Å². The second-order valence-corrected chi connectivity index (χ2v) is 5.55. The molecule has 0 spiro atoms. The molecule has 0 aliphatic carbocycles. The summed E-state index contributed by atoms with van der Waals surface area (Å²) >= 11 is 0. The van der Waals surface area contributed by atoms with Crippen molar-refractivity contribution in [2.75, 3.05) is 6.54 Å². The minimum atomic E-state index is 0.612. The number of nitrogens with two attached hydrogens (primary N) is 1. The molecule has 3 nitrogen and oxygen atoms in total. The molecule has 0 saturated heterocycles. The van der Waals surface area contributed by atoms with Gasteiger partial charge >= 0.3 is 0 Å². The molecule has 1 aromatic carbocycles. The lowest BCUT2D eigenvalue weighted by molar-refractivity contribution is 0.938. The van der Waals surface area contributed by atoms with Crippen LogP contribution in [0.5, 0.6) is 0 Å². The van der Waals surface area contributed by atoms with E-state index in [1.165, 1.54) is 28.1 Å². The number of rotatable bonds is 3. The Bertz CT molecular complexity index is 800. The minimum Gasteiger partial charge on any atom is -0.330 e. The van der Waals surface area contributed by atoms with Gasteiger partial charge in [0, 0.05) is 17.7 Å². The molecule has 3 aromatic rings. The van der Waals surface area contributed by atoms with Gasteiger partial charge in [-0.15, -0.1) is 0 Å². The fourth-order valence-corrected chi connectivity index (χ4v) is 2.90. The van der Waals surface area contributed by atoms with E-state index >= 15 is 0 Å². The normalized spacial score (nSPS) is 11.2. The minimum absolute atomic E-state index is 0.612. The van der Waals surface area contributed by atoms with Gasteiger partial charge in [-0.2, -0.15) is 0 Å². The molecule has 108 valence electrons. The van der Waals surface area contributed by atoms with E-state index in [1.54, 1.807) is 0 Å². The number of pyridine rings is 1. The van der Waals surface area contributed by atoms with E-state index in [0.717, 1.165) is 17.8 Å². The molecule has 2 aromatic heterocycles. The van der Waals surface area contributed by atoms with Gasteiger partial charge in [0.25, 0.3) is 0 Å². The third kappa shape index (κ3) is 2.24. The number of nitrogens with zero attached hydrogens (tertiary/aromatic N) is 2. The summed E-state index contributed by atoms with van der Waals surface area (Å²) in [6.45, 7) is 7.06. The third-order valence-electron chi connectivity index (χ3n) is 4.15. The average Bonchev–Trinajstić information content (AvgIpc) is 2.82. The molecule has 0 radical (unpaired) electrons. The summed E-state index contributed by atoms with van der Waals surface area (Å²) < 4.78 is 2.24. The molecule has 3 heteroatoms. The van der Waals surface area contributed by atoms with Crippen molar-refractivity contribution in [2.45, 2.75) is 27.2 Å². The van der Waals surface area contributed by atoms with E-state index in [9.17, 15) is 0 Å². The number of hydrogen-bond acceptors (Lipinski definition) is 2. The first-order valence-electron chi connectivity index (χ1n) is 7.37. The SMILES string of the molecule is Cc1cccc(-c2c(CCN)nc3cccc(C)n23)c1C. The Balaban J connectivity index is 2.39. The fraction of sp³-hybridized carbons (Fsp3) is 0.278. The van der Waals surface area contributed by atoms with E-state index in [1.807, 2.05) is 0 Å². The molecule has 0 unspecified atom stereocenters. The van der Waals surface area contributed by atoms with Gasteiger partial charge in [-0.1, -0.05) is 24.3 Å². The highest BCUT2D eigenvalue weighted by molar-refractivity contribution is 5.71. The lowest BCUT2D eigenvalue weighted by Gasteiger charge is -2.12. The van der Waals surface area contributed by atoms with Crippen molar-refractivity contribution >= 4 is 5.65 Å². The summed E-state index contributed by atoms with van der Waals surface area (Å²) in [7, 11) is 0. The van der Waals surface area contributed by atoms with Crippen LogP contribution in [0.15, 0.2) is 36.4 Å². The van der Waals surface area contributed by atoms with Crippen LogP contribution in [0.4, 0.5) is 0 Å². The van der Waals surface area contributed by atoms with Crippen LogP contribution in [0.2, 0.25) is 0 Å². The van der Waals surface area contributed by atoms with Crippen molar-refractivity contribution in [3.05, 3.63) is 58.9 Å². The van der Waals surface area contributed by atoms with E-state index in [2.05, 4.69) is 61.6 Å². The molecular weight excluding hydrogens is 258 g/mol. The Kier molecular flexibility index (Phi) is 3.52. The van der Waals surface area contributed by atoms with Crippen LogP contribution >= 0.6 is 0 Å². The number of aryl methyl sites for hydroxylation is 2. The second-order valence-electron chi connectivity index (χ2n) is 5.55. The highest BCUT2D eigenvalue weighted by Gasteiger charge is 2.16. The summed E-state index contributed by atoms with van der Waals surface area (Å²) in [5.41, 5.74) is 14.1. The van der Waals surface area contributed by atoms with Crippen molar-refractivity contribution in [3.8, 4) is 11.3 Å². The zero-order valence-electron chi connectivity index (χ0n) is 12.9. The molecule has 0 saturated carbocycles. The molecule has 2 N–H and O–H groups in total. The highest BCUT2D eigenvalue weighted by atomic mass is 15.0. The van der Waals surface area contributed by atoms with Crippen LogP contribution in [0, 0.1) is 20.8 Å². The van der Waals surface area contributed by atoms with Crippen molar-refractivity contribution in [3.63, 3.8) is 0 Å². The second kappa shape index (κ2) is 5.34. The van der Waals surface area contributed by atoms with Gasteiger partial charge in [0.2, 0.25) is 0 Å². The van der Waals surface area contributed by atoms with Crippen molar-refractivity contribution in [1.82, 2.24) is 9.38 Å². The Labute approximate surface area is 125 Å². The van der Waals surface area contributed by atoms with Gasteiger partial charge in [-0.3, -0.25) is 4.40 Å².